The summed E-state index contributed by atoms with van der Waals surface area (Å²) in [5, 5.41) is 22.1. The van der Waals surface area contributed by atoms with Gasteiger partial charge in [-0.3, -0.25) is 0 Å². The Morgan fingerprint density at radius 1 is 0.654 bits per heavy atom. The SMILES string of the molecule is CN1CC[C@]23c4c5ccc(OC(=O)c6ccc(C(=O)Oc7ccc8c9c7O[C@H]7[C@@H](O)C=C[C@H]%10[C@@H](C8)N(C)CC[C@@]9%107)cc6)c4O[C@H]2[C@@H](O)C=C[C@H]3[C@H]1C5. The maximum Gasteiger partial charge on any atom is 0.343 e. The van der Waals surface area contributed by atoms with Crippen molar-refractivity contribution >= 4 is 11.9 Å². The molecule has 0 aromatic heterocycles. The number of aliphatic hydroxyl groups is 2. The number of likely N-dealkylation sites (N-methyl/N-ethyl adjacent to an activating group) is 2. The van der Waals surface area contributed by atoms with Crippen LogP contribution in [-0.4, -0.2) is 95.6 Å². The fourth-order valence-corrected chi connectivity index (χ4v) is 11.7. The van der Waals surface area contributed by atoms with Gasteiger partial charge in [-0.05, 0) is 100 Å². The van der Waals surface area contributed by atoms with Crippen LogP contribution in [-0.2, 0) is 23.7 Å². The van der Waals surface area contributed by atoms with Crippen LogP contribution in [0.4, 0.5) is 0 Å². The van der Waals surface area contributed by atoms with Gasteiger partial charge < -0.3 is 39.0 Å². The summed E-state index contributed by atoms with van der Waals surface area (Å²) in [5.74, 6) is 1.05. The number of ether oxygens (including phenoxy) is 4. The van der Waals surface area contributed by atoms with Gasteiger partial charge in [-0.2, -0.15) is 0 Å². The van der Waals surface area contributed by atoms with E-state index in [0.29, 0.717) is 35.1 Å². The highest BCUT2D eigenvalue weighted by atomic mass is 16.6. The average molecular weight is 701 g/mol. The zero-order chi connectivity index (χ0) is 35.3. The lowest BCUT2D eigenvalue weighted by atomic mass is 9.53. The highest BCUT2D eigenvalue weighted by molar-refractivity contribution is 5.95. The molecule has 4 aliphatic heterocycles. The average Bonchev–Trinajstić information content (AvgIpc) is 3.69. The van der Waals surface area contributed by atoms with Crippen molar-refractivity contribution in [3.8, 4) is 23.0 Å². The Hall–Kier alpha value is -4.48. The minimum Gasteiger partial charge on any atom is -0.482 e. The maximum absolute atomic E-state index is 13.5. The van der Waals surface area contributed by atoms with Gasteiger partial charge in [0.05, 0.1) is 11.1 Å². The summed E-state index contributed by atoms with van der Waals surface area (Å²) < 4.78 is 25.0. The summed E-state index contributed by atoms with van der Waals surface area (Å²) in [6.45, 7) is 1.81. The first-order chi connectivity index (χ1) is 25.2. The molecule has 52 heavy (non-hydrogen) atoms. The normalized spacial score (nSPS) is 36.7. The van der Waals surface area contributed by atoms with Gasteiger partial charge in [0, 0.05) is 45.9 Å². The van der Waals surface area contributed by atoms with Crippen LogP contribution in [0.1, 0.15) is 55.8 Å². The number of carbonyl (C=O) groups is 2. The van der Waals surface area contributed by atoms with Crippen LogP contribution in [0.15, 0.2) is 72.8 Å². The van der Waals surface area contributed by atoms with E-state index in [1.165, 1.54) is 11.1 Å². The molecule has 2 N–H and O–H groups in total. The van der Waals surface area contributed by atoms with Gasteiger partial charge in [-0.15, -0.1) is 0 Å². The van der Waals surface area contributed by atoms with Crippen LogP contribution in [0.5, 0.6) is 23.0 Å². The number of carbonyl (C=O) groups excluding carboxylic acids is 2. The number of benzene rings is 3. The Bertz CT molecular complexity index is 2000. The van der Waals surface area contributed by atoms with Crippen LogP contribution < -0.4 is 18.9 Å². The molecule has 0 amide bonds. The van der Waals surface area contributed by atoms with Crippen molar-refractivity contribution in [2.75, 3.05) is 27.2 Å². The number of rotatable bonds is 4. The Balaban J connectivity index is 0.848. The molecule has 3 aromatic rings. The largest absolute Gasteiger partial charge is 0.482 e. The molecule has 10 atom stereocenters. The smallest absolute Gasteiger partial charge is 0.343 e. The fraction of sp³-hybridized carbons (Fsp3) is 0.429. The summed E-state index contributed by atoms with van der Waals surface area (Å²) in [5.41, 5.74) is 4.35. The van der Waals surface area contributed by atoms with Gasteiger partial charge in [-0.25, -0.2) is 9.59 Å². The highest BCUT2D eigenvalue weighted by Crippen LogP contribution is 2.64. The molecule has 4 bridgehead atoms. The van der Waals surface area contributed by atoms with E-state index in [1.807, 2.05) is 24.3 Å². The molecule has 8 aliphatic rings. The van der Waals surface area contributed by atoms with E-state index in [9.17, 15) is 19.8 Å². The second kappa shape index (κ2) is 10.6. The van der Waals surface area contributed by atoms with Crippen molar-refractivity contribution in [2.45, 2.75) is 73.0 Å². The van der Waals surface area contributed by atoms with Crippen molar-refractivity contribution in [1.82, 2.24) is 9.80 Å². The molecule has 3 aromatic carbocycles. The Kier molecular flexibility index (Phi) is 6.31. The minimum absolute atomic E-state index is 0.208. The molecule has 0 saturated carbocycles. The summed E-state index contributed by atoms with van der Waals surface area (Å²) in [7, 11) is 4.33. The van der Waals surface area contributed by atoms with Gasteiger partial charge in [0.2, 0.25) is 0 Å². The standard InChI is InChI=1S/C42H40N2O8/c1-43-17-15-41-25-9-11-29(45)37(41)51-35-31(13-7-23(33(35)41)19-27(25)43)49-39(47)21-3-5-22(6-4-21)40(48)50-32-14-8-24-20-28-26-10-12-30(46)38-42(26,16-18-44(28)2)34(24)36(32)52-38/h3-14,25-30,37-38,45-46H,15-20H2,1-2H3/t25-,26-,27+,28+,29-,30-,37-,38-,41-,42-/m0/s1. The predicted molar refractivity (Wildman–Crippen MR) is 188 cm³/mol. The molecular formula is C42H40N2O8. The van der Waals surface area contributed by atoms with Gasteiger partial charge in [0.25, 0.3) is 0 Å². The summed E-state index contributed by atoms with van der Waals surface area (Å²) in [6.07, 6.45) is 9.11. The lowest BCUT2D eigenvalue weighted by molar-refractivity contribution is -0.0453. The molecule has 2 saturated heterocycles. The summed E-state index contributed by atoms with van der Waals surface area (Å²) >= 11 is 0. The molecule has 0 unspecified atom stereocenters. The third-order valence-electron chi connectivity index (χ3n) is 14.0. The van der Waals surface area contributed by atoms with Crippen LogP contribution >= 0.6 is 0 Å². The van der Waals surface area contributed by atoms with E-state index in [-0.39, 0.29) is 33.8 Å². The molecule has 2 spiro atoms. The van der Waals surface area contributed by atoms with Gasteiger partial charge in [0.15, 0.2) is 23.0 Å². The van der Waals surface area contributed by atoms with Crippen LogP contribution in [0.2, 0.25) is 0 Å². The van der Waals surface area contributed by atoms with Crippen LogP contribution in [0.3, 0.4) is 0 Å². The van der Waals surface area contributed by atoms with E-state index < -0.39 is 36.4 Å². The third-order valence-corrected chi connectivity index (χ3v) is 14.0. The first kappa shape index (κ1) is 31.1. The number of likely N-dealkylation sites (tertiary alicyclic amines) is 2. The summed E-state index contributed by atoms with van der Waals surface area (Å²) in [6, 6.07) is 14.5. The zero-order valence-corrected chi connectivity index (χ0v) is 29.0. The lowest BCUT2D eigenvalue weighted by Crippen LogP contribution is -2.64. The molecule has 4 aliphatic carbocycles. The van der Waals surface area contributed by atoms with E-state index in [2.05, 4.69) is 36.0 Å². The van der Waals surface area contributed by atoms with Crippen LogP contribution in [0.25, 0.3) is 0 Å². The van der Waals surface area contributed by atoms with Crippen LogP contribution in [0, 0.1) is 11.8 Å². The first-order valence-corrected chi connectivity index (χ1v) is 18.5. The van der Waals surface area contributed by atoms with Gasteiger partial charge >= 0.3 is 11.9 Å². The van der Waals surface area contributed by atoms with Crippen molar-refractivity contribution in [3.63, 3.8) is 0 Å². The van der Waals surface area contributed by atoms with Crippen molar-refractivity contribution < 1.29 is 38.7 Å². The number of aliphatic hydroxyl groups excluding tert-OH is 2. The quantitative estimate of drug-likeness (QED) is 0.237. The number of hydrogen-bond donors (Lipinski definition) is 2. The number of nitrogens with zero attached hydrogens (tertiary/aromatic N) is 2. The van der Waals surface area contributed by atoms with E-state index in [1.54, 1.807) is 36.4 Å². The molecule has 4 heterocycles. The molecule has 0 radical (unpaired) electrons. The summed E-state index contributed by atoms with van der Waals surface area (Å²) in [4.78, 5) is 31.9. The fourth-order valence-electron chi connectivity index (χ4n) is 11.7. The van der Waals surface area contributed by atoms with E-state index >= 15 is 0 Å². The molecule has 10 heteroatoms. The first-order valence-electron chi connectivity index (χ1n) is 18.5. The van der Waals surface area contributed by atoms with Crippen molar-refractivity contribution in [1.29, 1.82) is 0 Å². The highest BCUT2D eigenvalue weighted by Gasteiger charge is 2.65. The minimum atomic E-state index is -0.747. The van der Waals surface area contributed by atoms with Crippen molar-refractivity contribution in [2.24, 2.45) is 11.8 Å². The molecular weight excluding hydrogens is 660 g/mol. The van der Waals surface area contributed by atoms with Gasteiger partial charge in [-0.1, -0.05) is 36.4 Å². The topological polar surface area (TPSA) is 118 Å². The van der Waals surface area contributed by atoms with Crippen molar-refractivity contribution in [3.05, 3.63) is 106 Å². The Morgan fingerprint density at radius 3 is 1.50 bits per heavy atom. The molecule has 10 nitrogen and oxygen atoms in total. The van der Waals surface area contributed by atoms with E-state index in [4.69, 9.17) is 18.9 Å². The lowest BCUT2D eigenvalue weighted by Gasteiger charge is -2.56. The Morgan fingerprint density at radius 2 is 1.08 bits per heavy atom. The second-order valence-corrected chi connectivity index (χ2v) is 16.2. The monoisotopic (exact) mass is 700 g/mol. The molecule has 11 rings (SSSR count). The van der Waals surface area contributed by atoms with E-state index in [0.717, 1.165) is 49.9 Å². The second-order valence-electron chi connectivity index (χ2n) is 16.2. The number of esters is 2. The third kappa shape index (κ3) is 3.83. The maximum atomic E-state index is 13.5. The Labute approximate surface area is 301 Å². The number of hydrogen-bond acceptors (Lipinski definition) is 10. The molecule has 2 fully saturated rings. The van der Waals surface area contributed by atoms with Gasteiger partial charge in [0.1, 0.15) is 24.4 Å². The number of piperidine rings is 2. The zero-order valence-electron chi connectivity index (χ0n) is 29.0. The molecule has 266 valence electrons. The predicted octanol–water partition coefficient (Wildman–Crippen LogP) is 3.74.